The minimum absolute atomic E-state index is 0.504. The van der Waals surface area contributed by atoms with E-state index in [4.69, 9.17) is 9.26 Å². The summed E-state index contributed by atoms with van der Waals surface area (Å²) in [7, 11) is 0. The van der Waals surface area contributed by atoms with Crippen molar-refractivity contribution in [3.63, 3.8) is 0 Å². The van der Waals surface area contributed by atoms with Crippen molar-refractivity contribution in [2.75, 3.05) is 13.2 Å². The molecule has 4 rings (SSSR count). The van der Waals surface area contributed by atoms with E-state index in [1.54, 1.807) is 0 Å². The zero-order valence-corrected chi connectivity index (χ0v) is 13.2. The maximum atomic E-state index is 5.98. The maximum Gasteiger partial charge on any atom is 0.137 e. The van der Waals surface area contributed by atoms with Gasteiger partial charge in [0.25, 0.3) is 0 Å². The Balaban J connectivity index is 1.29. The Morgan fingerprint density at radius 1 is 1.33 bits per heavy atom. The molecule has 116 valence electrons. The summed E-state index contributed by atoms with van der Waals surface area (Å²) in [6, 6.07) is 0.711. The molecule has 1 aromatic rings. The van der Waals surface area contributed by atoms with Gasteiger partial charge in [0.2, 0.25) is 0 Å². The second-order valence-electron chi connectivity index (χ2n) is 7.17. The zero-order chi connectivity index (χ0) is 14.4. The SMILES string of the molecule is Cc1noc(C)c1CCCN[C@@H]1[C@@H]2CCO[C@@H]2C12CCC2. The van der Waals surface area contributed by atoms with E-state index < -0.39 is 0 Å². The number of nitrogens with one attached hydrogen (secondary N) is 1. The summed E-state index contributed by atoms with van der Waals surface area (Å²) in [6.07, 6.45) is 8.20. The number of rotatable bonds is 5. The second-order valence-corrected chi connectivity index (χ2v) is 7.17. The summed E-state index contributed by atoms with van der Waals surface area (Å²) in [6.45, 7) is 6.13. The molecule has 21 heavy (non-hydrogen) atoms. The lowest BCUT2D eigenvalue weighted by Gasteiger charge is -2.63. The molecule has 2 heterocycles. The highest BCUT2D eigenvalue weighted by molar-refractivity contribution is 5.21. The maximum absolute atomic E-state index is 5.98. The van der Waals surface area contributed by atoms with Crippen LogP contribution in [0.25, 0.3) is 0 Å². The van der Waals surface area contributed by atoms with E-state index in [2.05, 4.69) is 10.5 Å². The first-order chi connectivity index (χ1) is 10.2. The average molecular weight is 290 g/mol. The molecule has 0 unspecified atom stereocenters. The van der Waals surface area contributed by atoms with Gasteiger partial charge in [-0.15, -0.1) is 0 Å². The average Bonchev–Trinajstić information content (AvgIpc) is 2.95. The van der Waals surface area contributed by atoms with Gasteiger partial charge in [-0.3, -0.25) is 0 Å². The molecule has 0 bridgehead atoms. The number of fused-ring (bicyclic) bond motifs is 2. The highest BCUT2D eigenvalue weighted by Crippen LogP contribution is 2.62. The summed E-state index contributed by atoms with van der Waals surface area (Å²) in [5.41, 5.74) is 2.85. The van der Waals surface area contributed by atoms with Crippen LogP contribution in [0.15, 0.2) is 4.52 Å². The first kappa shape index (κ1) is 13.8. The van der Waals surface area contributed by atoms with Crippen molar-refractivity contribution in [2.45, 2.75) is 64.5 Å². The molecule has 0 radical (unpaired) electrons. The Hall–Kier alpha value is -0.870. The lowest BCUT2D eigenvalue weighted by atomic mass is 9.46. The molecule has 1 N–H and O–H groups in total. The highest BCUT2D eigenvalue weighted by atomic mass is 16.5. The van der Waals surface area contributed by atoms with Crippen LogP contribution in [0.2, 0.25) is 0 Å². The van der Waals surface area contributed by atoms with E-state index in [0.717, 1.165) is 43.4 Å². The molecule has 3 fully saturated rings. The van der Waals surface area contributed by atoms with Crippen LogP contribution in [-0.4, -0.2) is 30.5 Å². The fourth-order valence-corrected chi connectivity index (χ4v) is 4.94. The van der Waals surface area contributed by atoms with Crippen molar-refractivity contribution in [3.05, 3.63) is 17.0 Å². The Morgan fingerprint density at radius 3 is 2.86 bits per heavy atom. The molecule has 1 aromatic heterocycles. The molecular weight excluding hydrogens is 264 g/mol. The highest BCUT2D eigenvalue weighted by Gasteiger charge is 2.66. The summed E-state index contributed by atoms with van der Waals surface area (Å²) < 4.78 is 11.2. The molecule has 4 heteroatoms. The summed E-state index contributed by atoms with van der Waals surface area (Å²) in [5.74, 6) is 1.76. The number of ether oxygens (including phenoxy) is 1. The van der Waals surface area contributed by atoms with Crippen LogP contribution in [0.4, 0.5) is 0 Å². The number of nitrogens with zero attached hydrogens (tertiary/aromatic N) is 1. The molecule has 4 nitrogen and oxygen atoms in total. The van der Waals surface area contributed by atoms with Crippen LogP contribution in [0.1, 0.15) is 49.1 Å². The van der Waals surface area contributed by atoms with Gasteiger partial charge in [0.1, 0.15) is 5.76 Å². The normalized spacial score (nSPS) is 32.8. The van der Waals surface area contributed by atoms with Crippen LogP contribution < -0.4 is 5.32 Å². The Morgan fingerprint density at radius 2 is 2.19 bits per heavy atom. The van der Waals surface area contributed by atoms with Crippen molar-refractivity contribution in [3.8, 4) is 0 Å². The molecule has 1 saturated heterocycles. The van der Waals surface area contributed by atoms with Gasteiger partial charge in [-0.25, -0.2) is 0 Å². The second kappa shape index (κ2) is 5.10. The topological polar surface area (TPSA) is 47.3 Å². The van der Waals surface area contributed by atoms with E-state index in [9.17, 15) is 0 Å². The van der Waals surface area contributed by atoms with Crippen molar-refractivity contribution in [1.82, 2.24) is 10.5 Å². The van der Waals surface area contributed by atoms with Gasteiger partial charge in [-0.05, 0) is 52.5 Å². The first-order valence-electron chi connectivity index (χ1n) is 8.49. The largest absolute Gasteiger partial charge is 0.377 e. The van der Waals surface area contributed by atoms with E-state index in [1.807, 2.05) is 13.8 Å². The lowest BCUT2D eigenvalue weighted by Crippen LogP contribution is -2.71. The van der Waals surface area contributed by atoms with E-state index in [0.29, 0.717) is 17.6 Å². The monoisotopic (exact) mass is 290 g/mol. The van der Waals surface area contributed by atoms with E-state index >= 15 is 0 Å². The summed E-state index contributed by atoms with van der Waals surface area (Å²) in [5, 5.41) is 7.89. The van der Waals surface area contributed by atoms with Gasteiger partial charge in [-0.1, -0.05) is 11.6 Å². The molecule has 1 spiro atoms. The molecule has 3 atom stereocenters. The fourth-order valence-electron chi connectivity index (χ4n) is 4.94. The van der Waals surface area contributed by atoms with E-state index in [-0.39, 0.29) is 0 Å². The van der Waals surface area contributed by atoms with Crippen molar-refractivity contribution >= 4 is 0 Å². The van der Waals surface area contributed by atoms with E-state index in [1.165, 1.54) is 31.2 Å². The van der Waals surface area contributed by atoms with Crippen LogP contribution in [0.5, 0.6) is 0 Å². The third-order valence-electron chi connectivity index (χ3n) is 6.19. The van der Waals surface area contributed by atoms with Crippen LogP contribution >= 0.6 is 0 Å². The predicted molar refractivity (Wildman–Crippen MR) is 80.2 cm³/mol. The van der Waals surface area contributed by atoms with Crippen molar-refractivity contribution < 1.29 is 9.26 Å². The molecule has 0 amide bonds. The van der Waals surface area contributed by atoms with Crippen LogP contribution in [0, 0.1) is 25.2 Å². The van der Waals surface area contributed by atoms with Crippen LogP contribution in [0.3, 0.4) is 0 Å². The Labute approximate surface area is 126 Å². The quantitative estimate of drug-likeness (QED) is 0.847. The van der Waals surface area contributed by atoms with Gasteiger partial charge < -0.3 is 14.6 Å². The number of hydrogen-bond donors (Lipinski definition) is 1. The number of hydrogen-bond acceptors (Lipinski definition) is 4. The smallest absolute Gasteiger partial charge is 0.137 e. The third-order valence-corrected chi connectivity index (χ3v) is 6.19. The zero-order valence-electron chi connectivity index (χ0n) is 13.2. The Kier molecular flexibility index (Phi) is 3.34. The minimum atomic E-state index is 0.504. The molecule has 1 aliphatic heterocycles. The van der Waals surface area contributed by atoms with Gasteiger partial charge in [0.15, 0.2) is 0 Å². The number of aromatic nitrogens is 1. The van der Waals surface area contributed by atoms with Gasteiger partial charge in [0.05, 0.1) is 11.8 Å². The lowest BCUT2D eigenvalue weighted by molar-refractivity contribution is -0.175. The minimum Gasteiger partial charge on any atom is -0.377 e. The first-order valence-corrected chi connectivity index (χ1v) is 8.49. The van der Waals surface area contributed by atoms with Gasteiger partial charge in [0, 0.05) is 29.5 Å². The standard InChI is InChI=1S/C17H26N2O2/c1-11-13(12(2)21-19-11)5-3-9-18-15-14-6-10-20-16(14)17(15)7-4-8-17/h14-16,18H,3-10H2,1-2H3/t14-,15+,16-/m0/s1. The molecule has 2 aliphatic carbocycles. The fraction of sp³-hybridized carbons (Fsp3) is 0.824. The van der Waals surface area contributed by atoms with Crippen LogP contribution in [-0.2, 0) is 11.2 Å². The molecular formula is C17H26N2O2. The van der Waals surface area contributed by atoms with Crippen molar-refractivity contribution in [1.29, 1.82) is 0 Å². The van der Waals surface area contributed by atoms with Gasteiger partial charge >= 0.3 is 0 Å². The molecule has 3 aliphatic rings. The number of aryl methyl sites for hydroxylation is 2. The molecule has 2 saturated carbocycles. The summed E-state index contributed by atoms with van der Waals surface area (Å²) >= 11 is 0. The van der Waals surface area contributed by atoms with Gasteiger partial charge in [-0.2, -0.15) is 0 Å². The summed E-state index contributed by atoms with van der Waals surface area (Å²) in [4.78, 5) is 0. The molecule has 0 aromatic carbocycles. The Bertz CT molecular complexity index is 501. The van der Waals surface area contributed by atoms with Crippen molar-refractivity contribution in [2.24, 2.45) is 11.3 Å². The third kappa shape index (κ3) is 1.99. The predicted octanol–water partition coefficient (Wildman–Crippen LogP) is 2.77.